The minimum Gasteiger partial charge on any atom is -0.331 e. The Labute approximate surface area is 91.7 Å². The molecule has 1 heterocycles. The van der Waals surface area contributed by atoms with Crippen LogP contribution in [0.1, 0.15) is 44.3 Å². The SMILES string of the molecule is CCCc1cncn1C1CCCC1CN. The van der Waals surface area contributed by atoms with E-state index in [0.29, 0.717) is 12.0 Å². The Morgan fingerprint density at radius 2 is 2.40 bits per heavy atom. The zero-order chi connectivity index (χ0) is 10.7. The first-order chi connectivity index (χ1) is 7.36. The molecule has 1 aliphatic rings. The molecule has 3 nitrogen and oxygen atoms in total. The van der Waals surface area contributed by atoms with Gasteiger partial charge in [-0.1, -0.05) is 19.8 Å². The fourth-order valence-electron chi connectivity index (χ4n) is 2.74. The number of imidazole rings is 1. The van der Waals surface area contributed by atoms with E-state index in [4.69, 9.17) is 5.73 Å². The quantitative estimate of drug-likeness (QED) is 0.822. The molecule has 1 aliphatic carbocycles. The van der Waals surface area contributed by atoms with Gasteiger partial charge < -0.3 is 10.3 Å². The van der Waals surface area contributed by atoms with E-state index in [1.807, 2.05) is 12.5 Å². The Bertz CT molecular complexity index is 306. The van der Waals surface area contributed by atoms with Crippen LogP contribution in [0.4, 0.5) is 0 Å². The topological polar surface area (TPSA) is 43.8 Å². The number of aryl methyl sites for hydroxylation is 1. The zero-order valence-corrected chi connectivity index (χ0v) is 9.52. The number of rotatable bonds is 4. The fourth-order valence-corrected chi connectivity index (χ4v) is 2.74. The Morgan fingerprint density at radius 3 is 3.13 bits per heavy atom. The number of hydrogen-bond donors (Lipinski definition) is 1. The molecule has 2 N–H and O–H groups in total. The molecule has 15 heavy (non-hydrogen) atoms. The van der Waals surface area contributed by atoms with Gasteiger partial charge in [-0.3, -0.25) is 0 Å². The van der Waals surface area contributed by atoms with E-state index in [1.165, 1.54) is 31.4 Å². The molecule has 0 saturated heterocycles. The van der Waals surface area contributed by atoms with E-state index in [1.54, 1.807) is 0 Å². The van der Waals surface area contributed by atoms with Crippen molar-refractivity contribution < 1.29 is 0 Å². The molecule has 1 fully saturated rings. The van der Waals surface area contributed by atoms with Crippen LogP contribution in [0.2, 0.25) is 0 Å². The largest absolute Gasteiger partial charge is 0.331 e. The van der Waals surface area contributed by atoms with Crippen LogP contribution in [0.15, 0.2) is 12.5 Å². The first-order valence-electron chi connectivity index (χ1n) is 6.07. The average Bonchev–Trinajstić information content (AvgIpc) is 2.84. The lowest BCUT2D eigenvalue weighted by molar-refractivity contribution is 0.378. The van der Waals surface area contributed by atoms with E-state index in [0.717, 1.165) is 13.0 Å². The average molecular weight is 207 g/mol. The van der Waals surface area contributed by atoms with Gasteiger partial charge in [0.1, 0.15) is 0 Å². The first kappa shape index (κ1) is 10.7. The number of nitrogens with zero attached hydrogens (tertiary/aromatic N) is 2. The van der Waals surface area contributed by atoms with Crippen molar-refractivity contribution in [3.8, 4) is 0 Å². The third kappa shape index (κ3) is 2.07. The summed E-state index contributed by atoms with van der Waals surface area (Å²) < 4.78 is 2.37. The van der Waals surface area contributed by atoms with Gasteiger partial charge >= 0.3 is 0 Å². The summed E-state index contributed by atoms with van der Waals surface area (Å²) in [5.41, 5.74) is 7.20. The highest BCUT2D eigenvalue weighted by molar-refractivity contribution is 5.02. The van der Waals surface area contributed by atoms with Gasteiger partial charge in [-0.2, -0.15) is 0 Å². The van der Waals surface area contributed by atoms with Gasteiger partial charge in [-0.15, -0.1) is 0 Å². The lowest BCUT2D eigenvalue weighted by Gasteiger charge is -2.21. The summed E-state index contributed by atoms with van der Waals surface area (Å²) >= 11 is 0. The Morgan fingerprint density at radius 1 is 1.53 bits per heavy atom. The molecule has 2 atom stereocenters. The van der Waals surface area contributed by atoms with Crippen molar-refractivity contribution in [2.24, 2.45) is 11.7 Å². The molecule has 0 spiro atoms. The van der Waals surface area contributed by atoms with Crippen molar-refractivity contribution in [2.45, 2.75) is 45.1 Å². The van der Waals surface area contributed by atoms with Crippen LogP contribution in [-0.4, -0.2) is 16.1 Å². The highest BCUT2D eigenvalue weighted by Crippen LogP contribution is 2.35. The molecular weight excluding hydrogens is 186 g/mol. The molecule has 84 valence electrons. The number of aromatic nitrogens is 2. The maximum Gasteiger partial charge on any atom is 0.0950 e. The standard InChI is InChI=1S/C12H21N3/c1-2-4-11-8-14-9-15(11)12-6-3-5-10(12)7-13/h8-10,12H,2-7,13H2,1H3. The second kappa shape index (κ2) is 4.79. The van der Waals surface area contributed by atoms with Crippen LogP contribution in [0.3, 0.4) is 0 Å². The molecule has 0 aliphatic heterocycles. The number of nitrogens with two attached hydrogens (primary N) is 1. The lowest BCUT2D eigenvalue weighted by atomic mass is 10.0. The predicted octanol–water partition coefficient (Wildman–Crippen LogP) is 2.14. The molecule has 1 aromatic rings. The lowest BCUT2D eigenvalue weighted by Crippen LogP contribution is -2.22. The number of hydrogen-bond acceptors (Lipinski definition) is 2. The minimum absolute atomic E-state index is 0.610. The van der Waals surface area contributed by atoms with Gasteiger partial charge in [-0.05, 0) is 31.7 Å². The van der Waals surface area contributed by atoms with Crippen molar-refractivity contribution in [1.29, 1.82) is 0 Å². The van der Waals surface area contributed by atoms with Crippen molar-refractivity contribution in [2.75, 3.05) is 6.54 Å². The van der Waals surface area contributed by atoms with Crippen molar-refractivity contribution in [3.63, 3.8) is 0 Å². The summed E-state index contributed by atoms with van der Waals surface area (Å²) in [5.74, 6) is 0.662. The molecule has 3 heteroatoms. The minimum atomic E-state index is 0.610. The summed E-state index contributed by atoms with van der Waals surface area (Å²) in [6.45, 7) is 3.03. The van der Waals surface area contributed by atoms with E-state index in [9.17, 15) is 0 Å². The fraction of sp³-hybridized carbons (Fsp3) is 0.750. The molecular formula is C12H21N3. The molecule has 0 bridgehead atoms. The predicted molar refractivity (Wildman–Crippen MR) is 61.7 cm³/mol. The van der Waals surface area contributed by atoms with Crippen molar-refractivity contribution in [3.05, 3.63) is 18.2 Å². The Kier molecular flexibility index (Phi) is 3.41. The molecule has 2 rings (SSSR count). The summed E-state index contributed by atoms with van der Waals surface area (Å²) in [6.07, 6.45) is 10.2. The van der Waals surface area contributed by atoms with Gasteiger partial charge in [0.15, 0.2) is 0 Å². The summed E-state index contributed by atoms with van der Waals surface area (Å²) in [6, 6.07) is 0.610. The third-order valence-corrected chi connectivity index (χ3v) is 3.53. The second-order valence-corrected chi connectivity index (χ2v) is 4.54. The van der Waals surface area contributed by atoms with E-state index < -0.39 is 0 Å². The maximum atomic E-state index is 5.82. The van der Waals surface area contributed by atoms with Gasteiger partial charge in [0.05, 0.1) is 6.33 Å². The maximum absolute atomic E-state index is 5.82. The van der Waals surface area contributed by atoms with Gasteiger partial charge in [0.25, 0.3) is 0 Å². The van der Waals surface area contributed by atoms with Crippen LogP contribution in [0.5, 0.6) is 0 Å². The van der Waals surface area contributed by atoms with Gasteiger partial charge in [-0.25, -0.2) is 4.98 Å². The molecule has 0 radical (unpaired) electrons. The van der Waals surface area contributed by atoms with Crippen LogP contribution < -0.4 is 5.73 Å². The summed E-state index contributed by atoms with van der Waals surface area (Å²) in [7, 11) is 0. The highest BCUT2D eigenvalue weighted by Gasteiger charge is 2.28. The van der Waals surface area contributed by atoms with Crippen LogP contribution in [0.25, 0.3) is 0 Å². The summed E-state index contributed by atoms with van der Waals surface area (Å²) in [5, 5.41) is 0. The smallest absolute Gasteiger partial charge is 0.0950 e. The Hall–Kier alpha value is -0.830. The highest BCUT2D eigenvalue weighted by atomic mass is 15.1. The van der Waals surface area contributed by atoms with Crippen LogP contribution in [0, 0.1) is 5.92 Å². The van der Waals surface area contributed by atoms with Crippen LogP contribution >= 0.6 is 0 Å². The molecule has 1 saturated carbocycles. The normalized spacial score (nSPS) is 26.0. The molecule has 0 amide bonds. The molecule has 0 aromatic carbocycles. The Balaban J connectivity index is 2.16. The van der Waals surface area contributed by atoms with Crippen LogP contribution in [-0.2, 0) is 6.42 Å². The molecule has 2 unspecified atom stereocenters. The monoisotopic (exact) mass is 207 g/mol. The van der Waals surface area contributed by atoms with E-state index in [2.05, 4.69) is 16.5 Å². The van der Waals surface area contributed by atoms with Crippen molar-refractivity contribution in [1.82, 2.24) is 9.55 Å². The zero-order valence-electron chi connectivity index (χ0n) is 9.52. The van der Waals surface area contributed by atoms with Crippen molar-refractivity contribution >= 4 is 0 Å². The second-order valence-electron chi connectivity index (χ2n) is 4.54. The molecule has 1 aromatic heterocycles. The summed E-state index contributed by atoms with van der Waals surface area (Å²) in [4.78, 5) is 4.28. The van der Waals surface area contributed by atoms with Gasteiger partial charge in [0.2, 0.25) is 0 Å². The van der Waals surface area contributed by atoms with E-state index in [-0.39, 0.29) is 0 Å². The van der Waals surface area contributed by atoms with Gasteiger partial charge in [0, 0.05) is 17.9 Å². The third-order valence-electron chi connectivity index (χ3n) is 3.53. The first-order valence-corrected chi connectivity index (χ1v) is 6.07. The van der Waals surface area contributed by atoms with E-state index >= 15 is 0 Å².